The van der Waals surface area contributed by atoms with Gasteiger partial charge in [0.25, 0.3) is 0 Å². The van der Waals surface area contributed by atoms with Crippen LogP contribution < -0.4 is 0 Å². The largest absolute Gasteiger partial charge is 0.456 e. The summed E-state index contributed by atoms with van der Waals surface area (Å²) in [6, 6.07) is 66.8. The number of fused-ring (bicyclic) bond motifs is 6. The summed E-state index contributed by atoms with van der Waals surface area (Å²) in [6.45, 7) is 0. The molecule has 3 heterocycles. The standard InChI is InChI=1S/C55H31N3OS/c1-2-10-34(11-3-1)53-56-54(39-15-7-14-36(28-39)41-17-8-18-43-42-16-4-5-21-48(42)60-52(41)43)58-55(57-53)45-19-9-20-46-51(45)44-27-26-35(31-47(44)59-46)40-29-37-24-22-32-12-6-13-33-23-25-38(30-40)50(37)49(32)33/h1-31H. The highest BCUT2D eigenvalue weighted by atomic mass is 32.1. The fourth-order valence-electron chi connectivity index (χ4n) is 9.25. The van der Waals surface area contributed by atoms with Gasteiger partial charge < -0.3 is 4.42 Å². The normalized spacial score (nSPS) is 12.0. The van der Waals surface area contributed by atoms with Crippen molar-refractivity contribution in [3.8, 4) is 56.4 Å². The van der Waals surface area contributed by atoms with Crippen LogP contribution in [0.15, 0.2) is 192 Å². The third-order valence-electron chi connectivity index (χ3n) is 12.0. The molecule has 0 atom stereocenters. The van der Waals surface area contributed by atoms with Crippen molar-refractivity contribution >= 4 is 85.8 Å². The van der Waals surface area contributed by atoms with E-state index in [1.807, 2.05) is 41.7 Å². The van der Waals surface area contributed by atoms with Gasteiger partial charge in [0.2, 0.25) is 0 Å². The van der Waals surface area contributed by atoms with Crippen LogP contribution in [0.1, 0.15) is 0 Å². The highest BCUT2D eigenvalue weighted by Crippen LogP contribution is 2.43. The Morgan fingerprint density at radius 1 is 0.333 bits per heavy atom. The summed E-state index contributed by atoms with van der Waals surface area (Å²) in [5, 5.41) is 12.2. The Hall–Kier alpha value is -7.73. The fourth-order valence-corrected chi connectivity index (χ4v) is 10.5. The molecule has 0 radical (unpaired) electrons. The second-order valence-corrected chi connectivity index (χ2v) is 16.6. The monoisotopic (exact) mass is 781 g/mol. The second-order valence-electron chi connectivity index (χ2n) is 15.5. The lowest BCUT2D eigenvalue weighted by molar-refractivity contribution is 0.669. The van der Waals surface area contributed by atoms with Gasteiger partial charge in [0.15, 0.2) is 17.5 Å². The number of nitrogens with zero attached hydrogens (tertiary/aromatic N) is 3. The van der Waals surface area contributed by atoms with Crippen molar-refractivity contribution in [2.45, 2.75) is 0 Å². The minimum Gasteiger partial charge on any atom is -0.456 e. The maximum Gasteiger partial charge on any atom is 0.164 e. The lowest BCUT2D eigenvalue weighted by Crippen LogP contribution is -2.00. The molecule has 4 nitrogen and oxygen atoms in total. The molecule has 0 saturated heterocycles. The van der Waals surface area contributed by atoms with Gasteiger partial charge >= 0.3 is 0 Å². The van der Waals surface area contributed by atoms with Crippen LogP contribution in [0.25, 0.3) is 131 Å². The van der Waals surface area contributed by atoms with Crippen molar-refractivity contribution < 1.29 is 4.42 Å². The molecule has 60 heavy (non-hydrogen) atoms. The van der Waals surface area contributed by atoms with E-state index in [1.54, 1.807) is 0 Å². The molecule has 0 fully saturated rings. The Labute approximate surface area is 348 Å². The number of aromatic nitrogens is 3. The molecule has 0 saturated carbocycles. The molecule has 0 N–H and O–H groups in total. The molecular weight excluding hydrogens is 751 g/mol. The molecule has 0 aliphatic carbocycles. The van der Waals surface area contributed by atoms with E-state index in [0.29, 0.717) is 17.5 Å². The molecular formula is C55H31N3OS. The van der Waals surface area contributed by atoms with Gasteiger partial charge in [-0.2, -0.15) is 0 Å². The van der Waals surface area contributed by atoms with Crippen molar-refractivity contribution in [3.05, 3.63) is 188 Å². The van der Waals surface area contributed by atoms with E-state index in [2.05, 4.69) is 158 Å². The Kier molecular flexibility index (Phi) is 7.14. The minimum absolute atomic E-state index is 0.597. The van der Waals surface area contributed by atoms with Crippen molar-refractivity contribution in [3.63, 3.8) is 0 Å². The Balaban J connectivity index is 0.953. The van der Waals surface area contributed by atoms with E-state index in [9.17, 15) is 0 Å². The SMILES string of the molecule is c1ccc(-c2nc(-c3cccc(-c4cccc5c4sc4ccccc45)c3)nc(-c3cccc4oc5cc(-c6cc7ccc8cccc9ccc(c6)c7c89)ccc5c34)n2)cc1. The first-order valence-electron chi connectivity index (χ1n) is 20.2. The molecule has 13 aromatic rings. The summed E-state index contributed by atoms with van der Waals surface area (Å²) in [4.78, 5) is 15.5. The van der Waals surface area contributed by atoms with Gasteiger partial charge in [0.1, 0.15) is 11.2 Å². The lowest BCUT2D eigenvalue weighted by atomic mass is 9.91. The van der Waals surface area contributed by atoms with Crippen LogP contribution in [0.2, 0.25) is 0 Å². The lowest BCUT2D eigenvalue weighted by Gasteiger charge is -2.12. The van der Waals surface area contributed by atoms with Crippen molar-refractivity contribution in [2.75, 3.05) is 0 Å². The zero-order valence-corrected chi connectivity index (χ0v) is 32.9. The summed E-state index contributed by atoms with van der Waals surface area (Å²) >= 11 is 1.84. The van der Waals surface area contributed by atoms with Gasteiger partial charge in [0.05, 0.1) is 0 Å². The molecule has 0 spiro atoms. The summed E-state index contributed by atoms with van der Waals surface area (Å²) in [6.07, 6.45) is 0. The first-order chi connectivity index (χ1) is 29.7. The predicted molar refractivity (Wildman–Crippen MR) is 251 cm³/mol. The van der Waals surface area contributed by atoms with Gasteiger partial charge in [-0.1, -0.05) is 146 Å². The fraction of sp³-hybridized carbons (Fsp3) is 0. The van der Waals surface area contributed by atoms with Gasteiger partial charge in [-0.25, -0.2) is 15.0 Å². The molecule has 0 bridgehead atoms. The smallest absolute Gasteiger partial charge is 0.164 e. The van der Waals surface area contributed by atoms with Crippen molar-refractivity contribution in [1.82, 2.24) is 15.0 Å². The molecule has 10 aromatic carbocycles. The van der Waals surface area contributed by atoms with E-state index in [0.717, 1.165) is 55.3 Å². The highest BCUT2D eigenvalue weighted by Gasteiger charge is 2.20. The molecule has 13 rings (SSSR count). The van der Waals surface area contributed by atoms with Gasteiger partial charge in [-0.3, -0.25) is 0 Å². The summed E-state index contributed by atoms with van der Waals surface area (Å²) in [7, 11) is 0. The quantitative estimate of drug-likeness (QED) is 0.163. The summed E-state index contributed by atoms with van der Waals surface area (Å²) in [5.74, 6) is 1.83. The number of thiophene rings is 1. The first kappa shape index (κ1) is 33.3. The topological polar surface area (TPSA) is 51.8 Å². The van der Waals surface area contributed by atoms with Gasteiger partial charge in [-0.15, -0.1) is 11.3 Å². The van der Waals surface area contributed by atoms with E-state index >= 15 is 0 Å². The maximum absolute atomic E-state index is 6.66. The Bertz CT molecular complexity index is 3780. The van der Waals surface area contributed by atoms with E-state index in [1.165, 1.54) is 58.1 Å². The van der Waals surface area contributed by atoms with Crippen molar-refractivity contribution in [2.24, 2.45) is 0 Å². The van der Waals surface area contributed by atoms with Crippen LogP contribution in [0.5, 0.6) is 0 Å². The zero-order chi connectivity index (χ0) is 39.3. The Morgan fingerprint density at radius 3 is 1.82 bits per heavy atom. The van der Waals surface area contributed by atoms with Gasteiger partial charge in [-0.05, 0) is 97.0 Å². The molecule has 278 valence electrons. The third-order valence-corrected chi connectivity index (χ3v) is 13.3. The number of furan rings is 1. The van der Waals surface area contributed by atoms with Crippen LogP contribution in [0.3, 0.4) is 0 Å². The van der Waals surface area contributed by atoms with Crippen molar-refractivity contribution in [1.29, 1.82) is 0 Å². The van der Waals surface area contributed by atoms with Crippen LogP contribution in [-0.4, -0.2) is 15.0 Å². The average Bonchev–Trinajstić information content (AvgIpc) is 3.89. The highest BCUT2D eigenvalue weighted by molar-refractivity contribution is 7.26. The number of hydrogen-bond donors (Lipinski definition) is 0. The van der Waals surface area contributed by atoms with E-state index in [-0.39, 0.29) is 0 Å². The predicted octanol–water partition coefficient (Wildman–Crippen LogP) is 15.4. The third kappa shape index (κ3) is 5.13. The molecule has 3 aromatic heterocycles. The molecule has 0 aliphatic heterocycles. The molecule has 0 unspecified atom stereocenters. The molecule has 0 amide bonds. The van der Waals surface area contributed by atoms with Crippen LogP contribution >= 0.6 is 11.3 Å². The van der Waals surface area contributed by atoms with E-state index < -0.39 is 0 Å². The minimum atomic E-state index is 0.597. The van der Waals surface area contributed by atoms with Crippen LogP contribution in [-0.2, 0) is 0 Å². The number of rotatable bonds is 5. The number of hydrogen-bond acceptors (Lipinski definition) is 5. The summed E-state index contributed by atoms with van der Waals surface area (Å²) in [5.41, 5.74) is 8.94. The van der Waals surface area contributed by atoms with Crippen LogP contribution in [0, 0.1) is 0 Å². The summed E-state index contributed by atoms with van der Waals surface area (Å²) < 4.78 is 9.22. The van der Waals surface area contributed by atoms with Gasteiger partial charge in [0, 0.05) is 47.6 Å². The number of benzene rings is 10. The average molecular weight is 782 g/mol. The van der Waals surface area contributed by atoms with E-state index in [4.69, 9.17) is 19.4 Å². The first-order valence-corrected chi connectivity index (χ1v) is 21.0. The maximum atomic E-state index is 6.66. The molecule has 0 aliphatic rings. The van der Waals surface area contributed by atoms with Crippen LogP contribution in [0.4, 0.5) is 0 Å². The Morgan fingerprint density at radius 2 is 0.967 bits per heavy atom. The molecule has 5 heteroatoms. The second kappa shape index (κ2) is 12.9. The zero-order valence-electron chi connectivity index (χ0n) is 32.1.